The lowest BCUT2D eigenvalue weighted by Crippen LogP contribution is -2.23. The Hall–Kier alpha value is -1.61. The Morgan fingerprint density at radius 3 is 2.63 bits per heavy atom. The third-order valence-corrected chi connectivity index (χ3v) is 3.47. The molecule has 0 bridgehead atoms. The molecule has 3 nitrogen and oxygen atoms in total. The predicted octanol–water partition coefficient (Wildman–Crippen LogP) is 3.09. The maximum Gasteiger partial charge on any atom is 0.0550 e. The molecule has 3 heteroatoms. The van der Waals surface area contributed by atoms with E-state index in [-0.39, 0.29) is 0 Å². The van der Waals surface area contributed by atoms with Crippen molar-refractivity contribution >= 4 is 0 Å². The zero-order valence-electron chi connectivity index (χ0n) is 11.8. The molecular formula is C16H23N3. The summed E-state index contributed by atoms with van der Waals surface area (Å²) in [6, 6.07) is 13.2. The topological polar surface area (TPSA) is 29.9 Å². The molecule has 0 aliphatic heterocycles. The summed E-state index contributed by atoms with van der Waals surface area (Å²) in [5.74, 6) is 0. The lowest BCUT2D eigenvalue weighted by atomic mass is 10.0. The Balaban J connectivity index is 1.89. The van der Waals surface area contributed by atoms with E-state index in [2.05, 4.69) is 53.7 Å². The van der Waals surface area contributed by atoms with Gasteiger partial charge in [0.1, 0.15) is 0 Å². The van der Waals surface area contributed by atoms with Gasteiger partial charge in [0, 0.05) is 19.3 Å². The summed E-state index contributed by atoms with van der Waals surface area (Å²) in [6.45, 7) is 3.14. The van der Waals surface area contributed by atoms with Crippen molar-refractivity contribution in [1.82, 2.24) is 15.1 Å². The van der Waals surface area contributed by atoms with Gasteiger partial charge in [-0.05, 0) is 37.4 Å². The molecule has 0 fully saturated rings. The average Bonchev–Trinajstić information content (AvgIpc) is 2.85. The molecule has 0 amide bonds. The zero-order valence-corrected chi connectivity index (χ0v) is 11.8. The third kappa shape index (κ3) is 3.93. The first-order valence-electron chi connectivity index (χ1n) is 7.06. The molecule has 1 heterocycles. The average molecular weight is 257 g/mol. The van der Waals surface area contributed by atoms with Crippen LogP contribution in [0.3, 0.4) is 0 Å². The highest BCUT2D eigenvalue weighted by atomic mass is 15.3. The lowest BCUT2D eigenvalue weighted by Gasteiger charge is -2.18. The third-order valence-electron chi connectivity index (χ3n) is 3.47. The molecular weight excluding hydrogens is 234 g/mol. The summed E-state index contributed by atoms with van der Waals surface area (Å²) in [5, 5.41) is 7.81. The Bertz CT molecular complexity index is 476. The maximum atomic E-state index is 4.26. The van der Waals surface area contributed by atoms with Gasteiger partial charge in [-0.1, -0.05) is 37.3 Å². The van der Waals surface area contributed by atoms with E-state index in [1.165, 1.54) is 17.7 Å². The van der Waals surface area contributed by atoms with Crippen molar-refractivity contribution in [2.45, 2.75) is 32.2 Å². The Morgan fingerprint density at radius 1 is 1.21 bits per heavy atom. The summed E-state index contributed by atoms with van der Waals surface area (Å²) in [6.07, 6.45) is 5.34. The fourth-order valence-electron chi connectivity index (χ4n) is 2.48. The highest BCUT2D eigenvalue weighted by molar-refractivity contribution is 5.15. The van der Waals surface area contributed by atoms with Crippen LogP contribution in [0.4, 0.5) is 0 Å². The highest BCUT2D eigenvalue weighted by Crippen LogP contribution is 2.19. The second-order valence-corrected chi connectivity index (χ2v) is 4.87. The molecule has 0 spiro atoms. The summed E-state index contributed by atoms with van der Waals surface area (Å²) < 4.78 is 1.97. The van der Waals surface area contributed by atoms with Gasteiger partial charge in [0.2, 0.25) is 0 Å². The van der Waals surface area contributed by atoms with Crippen LogP contribution in [0.15, 0.2) is 42.6 Å². The predicted molar refractivity (Wildman–Crippen MR) is 79.0 cm³/mol. The highest BCUT2D eigenvalue weighted by Gasteiger charge is 2.13. The molecule has 0 aliphatic carbocycles. The molecule has 1 aromatic carbocycles. The van der Waals surface area contributed by atoms with Crippen LogP contribution in [-0.2, 0) is 13.5 Å². The van der Waals surface area contributed by atoms with Gasteiger partial charge in [-0.15, -0.1) is 0 Å². The van der Waals surface area contributed by atoms with Gasteiger partial charge in [-0.3, -0.25) is 4.68 Å². The van der Waals surface area contributed by atoms with Crippen LogP contribution >= 0.6 is 0 Å². The van der Waals surface area contributed by atoms with E-state index in [1.807, 2.05) is 17.9 Å². The first kappa shape index (κ1) is 13.8. The van der Waals surface area contributed by atoms with Gasteiger partial charge < -0.3 is 5.32 Å². The number of hydrogen-bond donors (Lipinski definition) is 1. The van der Waals surface area contributed by atoms with Crippen LogP contribution in [0.2, 0.25) is 0 Å². The van der Waals surface area contributed by atoms with E-state index in [4.69, 9.17) is 0 Å². The minimum absolute atomic E-state index is 0.404. The molecule has 2 rings (SSSR count). The molecule has 19 heavy (non-hydrogen) atoms. The molecule has 0 radical (unpaired) electrons. The lowest BCUT2D eigenvalue weighted by molar-refractivity contribution is 0.467. The van der Waals surface area contributed by atoms with Gasteiger partial charge in [-0.25, -0.2) is 0 Å². The molecule has 0 saturated heterocycles. The minimum atomic E-state index is 0.404. The van der Waals surface area contributed by atoms with Crippen molar-refractivity contribution in [1.29, 1.82) is 0 Å². The number of nitrogens with one attached hydrogen (secondary N) is 1. The SMILES string of the molecule is CCNC(CCCc1ccccc1)c1ccnn1C. The summed E-state index contributed by atoms with van der Waals surface area (Å²) in [7, 11) is 2.01. The van der Waals surface area contributed by atoms with Crippen molar-refractivity contribution < 1.29 is 0 Å². The summed E-state index contributed by atoms with van der Waals surface area (Å²) in [4.78, 5) is 0. The van der Waals surface area contributed by atoms with Crippen molar-refractivity contribution in [2.24, 2.45) is 7.05 Å². The molecule has 1 N–H and O–H groups in total. The fourth-order valence-corrected chi connectivity index (χ4v) is 2.48. The van der Waals surface area contributed by atoms with Crippen LogP contribution in [0.25, 0.3) is 0 Å². The zero-order chi connectivity index (χ0) is 13.5. The summed E-state index contributed by atoms with van der Waals surface area (Å²) in [5.41, 5.74) is 2.69. The monoisotopic (exact) mass is 257 g/mol. The number of rotatable bonds is 7. The van der Waals surface area contributed by atoms with Crippen molar-refractivity contribution in [3.63, 3.8) is 0 Å². The molecule has 102 valence electrons. The molecule has 1 aromatic heterocycles. The van der Waals surface area contributed by atoms with Crippen molar-refractivity contribution in [3.8, 4) is 0 Å². The number of benzene rings is 1. The Labute approximate surface area is 115 Å². The normalized spacial score (nSPS) is 12.5. The van der Waals surface area contributed by atoms with Crippen molar-refractivity contribution in [3.05, 3.63) is 53.9 Å². The van der Waals surface area contributed by atoms with Crippen LogP contribution in [0.1, 0.15) is 37.1 Å². The van der Waals surface area contributed by atoms with Crippen LogP contribution < -0.4 is 5.32 Å². The quantitative estimate of drug-likeness (QED) is 0.826. The van der Waals surface area contributed by atoms with E-state index in [0.29, 0.717) is 6.04 Å². The standard InChI is InChI=1S/C16H23N3/c1-3-17-15(16-12-13-18-19(16)2)11-7-10-14-8-5-4-6-9-14/h4-6,8-9,12-13,15,17H,3,7,10-11H2,1-2H3. The second-order valence-electron chi connectivity index (χ2n) is 4.87. The number of nitrogens with zero attached hydrogens (tertiary/aromatic N) is 2. The van der Waals surface area contributed by atoms with Crippen LogP contribution in [0, 0.1) is 0 Å². The number of aromatic nitrogens is 2. The van der Waals surface area contributed by atoms with E-state index >= 15 is 0 Å². The van der Waals surface area contributed by atoms with Crippen LogP contribution in [0.5, 0.6) is 0 Å². The van der Waals surface area contributed by atoms with E-state index < -0.39 is 0 Å². The number of aryl methyl sites for hydroxylation is 2. The maximum absolute atomic E-state index is 4.26. The molecule has 2 aromatic rings. The molecule has 0 aliphatic rings. The smallest absolute Gasteiger partial charge is 0.0550 e. The van der Waals surface area contributed by atoms with Crippen LogP contribution in [-0.4, -0.2) is 16.3 Å². The first-order chi connectivity index (χ1) is 9.31. The van der Waals surface area contributed by atoms with Gasteiger partial charge in [0.05, 0.1) is 5.69 Å². The van der Waals surface area contributed by atoms with E-state index in [0.717, 1.165) is 19.4 Å². The van der Waals surface area contributed by atoms with Gasteiger partial charge in [0.25, 0.3) is 0 Å². The van der Waals surface area contributed by atoms with Gasteiger partial charge in [0.15, 0.2) is 0 Å². The Morgan fingerprint density at radius 2 is 2.00 bits per heavy atom. The first-order valence-corrected chi connectivity index (χ1v) is 7.06. The second kappa shape index (κ2) is 7.10. The fraction of sp³-hybridized carbons (Fsp3) is 0.438. The van der Waals surface area contributed by atoms with E-state index in [1.54, 1.807) is 0 Å². The van der Waals surface area contributed by atoms with Gasteiger partial charge >= 0.3 is 0 Å². The summed E-state index contributed by atoms with van der Waals surface area (Å²) >= 11 is 0. The number of hydrogen-bond acceptors (Lipinski definition) is 2. The minimum Gasteiger partial charge on any atom is -0.309 e. The van der Waals surface area contributed by atoms with E-state index in [9.17, 15) is 0 Å². The Kier molecular flexibility index (Phi) is 5.16. The molecule has 0 saturated carbocycles. The van der Waals surface area contributed by atoms with Gasteiger partial charge in [-0.2, -0.15) is 5.10 Å². The molecule has 1 unspecified atom stereocenters. The van der Waals surface area contributed by atoms with Crippen molar-refractivity contribution in [2.75, 3.05) is 6.54 Å². The molecule has 1 atom stereocenters. The largest absolute Gasteiger partial charge is 0.309 e.